The number of aromatic nitrogens is 1. The van der Waals surface area contributed by atoms with Crippen LogP contribution in [0.1, 0.15) is 38.3 Å². The first kappa shape index (κ1) is 15.3. The third-order valence-electron chi connectivity index (χ3n) is 4.71. The highest BCUT2D eigenvalue weighted by molar-refractivity contribution is 5.83. The summed E-state index contributed by atoms with van der Waals surface area (Å²) in [7, 11) is 0. The quantitative estimate of drug-likeness (QED) is 0.800. The molecule has 7 heteroatoms. The Balaban J connectivity index is 1.99. The van der Waals surface area contributed by atoms with Crippen molar-refractivity contribution >= 4 is 5.91 Å². The van der Waals surface area contributed by atoms with Gasteiger partial charge in [0.15, 0.2) is 0 Å². The molecule has 0 bridgehead atoms. The molecule has 120 valence electrons. The van der Waals surface area contributed by atoms with E-state index in [4.69, 9.17) is 0 Å². The lowest BCUT2D eigenvalue weighted by molar-refractivity contribution is -0.170. The Kier molecular flexibility index (Phi) is 3.43. The highest BCUT2D eigenvalue weighted by Gasteiger charge is 2.58. The minimum Gasteiger partial charge on any atom is -0.273 e. The van der Waals surface area contributed by atoms with E-state index in [0.29, 0.717) is 18.5 Å². The Labute approximate surface area is 126 Å². The van der Waals surface area contributed by atoms with Crippen LogP contribution in [0, 0.1) is 11.2 Å². The van der Waals surface area contributed by atoms with Crippen molar-refractivity contribution in [3.63, 3.8) is 0 Å². The number of hydrazine groups is 1. The lowest BCUT2D eigenvalue weighted by Gasteiger charge is -2.36. The minimum absolute atomic E-state index is 0.113. The van der Waals surface area contributed by atoms with Gasteiger partial charge >= 0.3 is 0 Å². The van der Waals surface area contributed by atoms with Crippen LogP contribution in [-0.4, -0.2) is 39.9 Å². The molecule has 22 heavy (non-hydrogen) atoms. The van der Waals surface area contributed by atoms with Crippen LogP contribution in [-0.2, 0) is 4.79 Å². The molecule has 2 fully saturated rings. The van der Waals surface area contributed by atoms with Gasteiger partial charge < -0.3 is 0 Å². The van der Waals surface area contributed by atoms with Crippen molar-refractivity contribution in [1.29, 1.82) is 0 Å². The number of hydrogen-bond donors (Lipinski definition) is 0. The van der Waals surface area contributed by atoms with Crippen molar-refractivity contribution in [3.8, 4) is 0 Å². The lowest BCUT2D eigenvalue weighted by Crippen LogP contribution is -2.50. The minimum atomic E-state index is -3.07. The van der Waals surface area contributed by atoms with Gasteiger partial charge in [-0.2, -0.15) is 0 Å². The Morgan fingerprint density at radius 2 is 2.00 bits per heavy atom. The third kappa shape index (κ3) is 2.18. The first-order valence-corrected chi connectivity index (χ1v) is 7.31. The van der Waals surface area contributed by atoms with Crippen LogP contribution in [0.2, 0.25) is 0 Å². The lowest BCUT2D eigenvalue weighted by atomic mass is 9.82. The molecule has 0 aliphatic carbocycles. The zero-order valence-corrected chi connectivity index (χ0v) is 12.5. The number of alkyl halides is 2. The van der Waals surface area contributed by atoms with Crippen LogP contribution < -0.4 is 0 Å². The molecule has 0 radical (unpaired) electrons. The normalized spacial score (nSPS) is 27.6. The summed E-state index contributed by atoms with van der Waals surface area (Å²) in [6, 6.07) is 0.869. The molecule has 1 atom stereocenters. The molecule has 2 saturated heterocycles. The fraction of sp³-hybridized carbons (Fsp3) is 0.600. The molecule has 1 amide bonds. The summed E-state index contributed by atoms with van der Waals surface area (Å²) in [5, 5.41) is 3.04. The highest BCUT2D eigenvalue weighted by Crippen LogP contribution is 2.47. The Morgan fingerprint density at radius 1 is 1.27 bits per heavy atom. The number of rotatable bonds is 1. The predicted molar refractivity (Wildman–Crippen MR) is 73.3 cm³/mol. The maximum absolute atomic E-state index is 14.2. The zero-order valence-electron chi connectivity index (χ0n) is 12.5. The molecule has 0 N–H and O–H groups in total. The van der Waals surface area contributed by atoms with Gasteiger partial charge in [-0.3, -0.25) is 14.8 Å². The molecule has 3 heterocycles. The second-order valence-electron chi connectivity index (χ2n) is 6.42. The maximum Gasteiger partial charge on any atom is 0.263 e. The van der Waals surface area contributed by atoms with Gasteiger partial charge in [-0.25, -0.2) is 18.2 Å². The molecule has 1 aromatic rings. The van der Waals surface area contributed by atoms with Crippen molar-refractivity contribution < 1.29 is 18.0 Å². The number of nitrogens with zero attached hydrogens (tertiary/aromatic N) is 3. The van der Waals surface area contributed by atoms with E-state index in [1.165, 1.54) is 31.1 Å². The standard InChI is InChI=1S/C15H18F3N3O/c1-14(2)13(22)21-12(10-7-11(16)9-19-8-10)3-5-20(21)6-4-15(14,17)18/h7-9,12H,3-6H2,1-2H3/t12-/m0/s1. The van der Waals surface area contributed by atoms with Crippen LogP contribution in [0.25, 0.3) is 0 Å². The summed E-state index contributed by atoms with van der Waals surface area (Å²) >= 11 is 0. The second-order valence-corrected chi connectivity index (χ2v) is 6.42. The van der Waals surface area contributed by atoms with E-state index in [1.807, 2.05) is 0 Å². The Morgan fingerprint density at radius 3 is 2.68 bits per heavy atom. The van der Waals surface area contributed by atoms with Crippen LogP contribution in [0.3, 0.4) is 0 Å². The molecular weight excluding hydrogens is 295 g/mol. The molecule has 2 aliphatic heterocycles. The average Bonchev–Trinajstić information content (AvgIpc) is 2.85. The van der Waals surface area contributed by atoms with Crippen molar-refractivity contribution in [2.45, 2.75) is 38.7 Å². The number of pyridine rings is 1. The average molecular weight is 313 g/mol. The summed E-state index contributed by atoms with van der Waals surface area (Å²) < 4.78 is 41.9. The molecular formula is C15H18F3N3O. The number of hydrogen-bond acceptors (Lipinski definition) is 3. The van der Waals surface area contributed by atoms with Crippen molar-refractivity contribution in [3.05, 3.63) is 29.8 Å². The van der Waals surface area contributed by atoms with Crippen molar-refractivity contribution in [2.75, 3.05) is 13.1 Å². The molecule has 3 rings (SSSR count). The maximum atomic E-state index is 14.2. The van der Waals surface area contributed by atoms with Gasteiger partial charge in [0.05, 0.1) is 12.2 Å². The van der Waals surface area contributed by atoms with Gasteiger partial charge in [-0.15, -0.1) is 0 Å². The zero-order chi connectivity index (χ0) is 16.1. The molecule has 4 nitrogen and oxygen atoms in total. The molecule has 1 aromatic heterocycles. The number of carbonyl (C=O) groups excluding carboxylic acids is 1. The highest BCUT2D eigenvalue weighted by atomic mass is 19.3. The molecule has 0 unspecified atom stereocenters. The monoisotopic (exact) mass is 313 g/mol. The Hall–Kier alpha value is -1.63. The van der Waals surface area contributed by atoms with Gasteiger partial charge in [0.1, 0.15) is 11.2 Å². The molecule has 0 aromatic carbocycles. The predicted octanol–water partition coefficient (Wildman–Crippen LogP) is 2.78. The van der Waals surface area contributed by atoms with Crippen LogP contribution in [0.4, 0.5) is 13.2 Å². The van der Waals surface area contributed by atoms with Gasteiger partial charge in [-0.05, 0) is 31.9 Å². The number of halogens is 3. The largest absolute Gasteiger partial charge is 0.273 e. The summed E-state index contributed by atoms with van der Waals surface area (Å²) in [6.07, 6.45) is 2.79. The van der Waals surface area contributed by atoms with Crippen LogP contribution >= 0.6 is 0 Å². The number of fused-ring (bicyclic) bond motifs is 1. The third-order valence-corrected chi connectivity index (χ3v) is 4.71. The number of amides is 1. The molecule has 2 aliphatic rings. The van der Waals surface area contributed by atoms with Gasteiger partial charge in [-0.1, -0.05) is 0 Å². The van der Waals surface area contributed by atoms with Crippen LogP contribution in [0.5, 0.6) is 0 Å². The van der Waals surface area contributed by atoms with Gasteiger partial charge in [0.25, 0.3) is 5.92 Å². The fourth-order valence-corrected chi connectivity index (χ4v) is 3.13. The van der Waals surface area contributed by atoms with Gasteiger partial charge in [0, 0.05) is 25.7 Å². The van der Waals surface area contributed by atoms with Crippen LogP contribution in [0.15, 0.2) is 18.5 Å². The topological polar surface area (TPSA) is 36.4 Å². The summed E-state index contributed by atoms with van der Waals surface area (Å²) in [4.78, 5) is 16.5. The Bertz CT molecular complexity index is 605. The first-order valence-electron chi connectivity index (χ1n) is 7.31. The van der Waals surface area contributed by atoms with Crippen molar-refractivity contribution in [2.24, 2.45) is 5.41 Å². The van der Waals surface area contributed by atoms with Gasteiger partial charge in [0.2, 0.25) is 5.91 Å². The molecule has 0 saturated carbocycles. The summed E-state index contributed by atoms with van der Waals surface area (Å²) in [5.74, 6) is -4.19. The van der Waals surface area contributed by atoms with E-state index in [2.05, 4.69) is 4.98 Å². The van der Waals surface area contributed by atoms with E-state index < -0.39 is 29.1 Å². The van der Waals surface area contributed by atoms with E-state index in [9.17, 15) is 18.0 Å². The van der Waals surface area contributed by atoms with E-state index in [1.54, 1.807) is 5.01 Å². The summed E-state index contributed by atoms with van der Waals surface area (Å²) in [6.45, 7) is 3.16. The van der Waals surface area contributed by atoms with E-state index in [-0.39, 0.29) is 13.0 Å². The second kappa shape index (κ2) is 4.94. The SMILES string of the molecule is CC1(C)C(=O)N2[C@H](c3cncc(F)c3)CCN2CCC1(F)F. The fourth-order valence-electron chi connectivity index (χ4n) is 3.13. The van der Waals surface area contributed by atoms with E-state index in [0.717, 1.165) is 6.20 Å². The van der Waals surface area contributed by atoms with E-state index >= 15 is 0 Å². The van der Waals surface area contributed by atoms with Crippen molar-refractivity contribution in [1.82, 2.24) is 15.0 Å². The summed E-state index contributed by atoms with van der Waals surface area (Å²) in [5.41, 5.74) is -1.25. The molecule has 0 spiro atoms. The number of carbonyl (C=O) groups is 1. The smallest absolute Gasteiger partial charge is 0.263 e. The first-order chi connectivity index (χ1) is 10.2.